The number of ether oxygens (including phenoxy) is 1. The van der Waals surface area contributed by atoms with E-state index in [0.717, 1.165) is 34.0 Å². The van der Waals surface area contributed by atoms with Crippen molar-refractivity contribution in [2.24, 2.45) is 5.41 Å². The second-order valence-corrected chi connectivity index (χ2v) is 15.5. The van der Waals surface area contributed by atoms with Crippen LogP contribution in [0.4, 0.5) is 11.4 Å². The van der Waals surface area contributed by atoms with E-state index < -0.39 is 0 Å². The molecule has 0 radical (unpaired) electrons. The van der Waals surface area contributed by atoms with E-state index in [2.05, 4.69) is 190 Å². The first-order valence-corrected chi connectivity index (χ1v) is 17.7. The average Bonchev–Trinajstić information content (AvgIpc) is 3.73. The van der Waals surface area contributed by atoms with Crippen LogP contribution in [0.25, 0.3) is 38.8 Å². The summed E-state index contributed by atoms with van der Waals surface area (Å²) < 4.78 is 8.91. The summed E-state index contributed by atoms with van der Waals surface area (Å²) in [5.41, 5.74) is 9.31. The Morgan fingerprint density at radius 1 is 0.569 bits per heavy atom. The number of hydrogen-bond donors (Lipinski definition) is 0. The van der Waals surface area contributed by atoms with Gasteiger partial charge in [0.15, 0.2) is 0 Å². The number of rotatable bonds is 6. The summed E-state index contributed by atoms with van der Waals surface area (Å²) in [6.45, 7) is 14.2. The lowest BCUT2D eigenvalue weighted by Crippen LogP contribution is -2.30. The molecule has 7 aromatic rings. The molecule has 3 heterocycles. The molecule has 0 atom stereocenters. The Morgan fingerprint density at radius 2 is 1.27 bits per heavy atom. The zero-order chi connectivity index (χ0) is 35.3. The van der Waals surface area contributed by atoms with E-state index in [1.165, 1.54) is 38.8 Å². The fourth-order valence-corrected chi connectivity index (χ4v) is 7.08. The highest BCUT2D eigenvalue weighted by Crippen LogP contribution is 2.41. The number of aromatic nitrogens is 2. The Morgan fingerprint density at radius 3 is 2.08 bits per heavy atom. The van der Waals surface area contributed by atoms with E-state index in [-0.39, 0.29) is 10.8 Å². The van der Waals surface area contributed by atoms with Gasteiger partial charge in [0, 0.05) is 57.8 Å². The molecule has 1 aliphatic heterocycles. The Kier molecular flexibility index (Phi) is 7.94. The molecule has 0 amide bonds. The topological polar surface area (TPSA) is 33.5 Å². The van der Waals surface area contributed by atoms with Gasteiger partial charge in [0.05, 0.1) is 17.7 Å². The van der Waals surface area contributed by atoms with Crippen molar-refractivity contribution >= 4 is 33.2 Å². The zero-order valence-corrected chi connectivity index (χ0v) is 30.3. The van der Waals surface area contributed by atoms with E-state index in [4.69, 9.17) is 9.72 Å². The van der Waals surface area contributed by atoms with Crippen LogP contribution in [-0.4, -0.2) is 16.2 Å². The van der Waals surface area contributed by atoms with Crippen molar-refractivity contribution in [2.45, 2.75) is 47.0 Å². The van der Waals surface area contributed by atoms with Gasteiger partial charge < -0.3 is 14.5 Å². The minimum Gasteiger partial charge on any atom is -0.457 e. The lowest BCUT2D eigenvalue weighted by Gasteiger charge is -2.31. The van der Waals surface area contributed by atoms with E-state index in [0.29, 0.717) is 6.67 Å². The molecule has 0 aliphatic carbocycles. The Labute approximate surface area is 301 Å². The first-order chi connectivity index (χ1) is 24.5. The molecule has 5 aromatic carbocycles. The first-order valence-electron chi connectivity index (χ1n) is 17.7. The van der Waals surface area contributed by atoms with Gasteiger partial charge in [-0.3, -0.25) is 4.57 Å². The van der Waals surface area contributed by atoms with Crippen LogP contribution in [0, 0.1) is 5.41 Å². The van der Waals surface area contributed by atoms with Crippen molar-refractivity contribution in [1.29, 1.82) is 0 Å². The smallest absolute Gasteiger partial charge is 0.137 e. The molecule has 0 bridgehead atoms. The summed E-state index contributed by atoms with van der Waals surface area (Å²) in [7, 11) is 0. The fraction of sp³-hybridized carbons (Fsp3) is 0.196. The average molecular weight is 669 g/mol. The number of benzene rings is 5. The third kappa shape index (κ3) is 6.25. The normalized spacial score (nSPS) is 13.6. The third-order valence-corrected chi connectivity index (χ3v) is 9.77. The molecule has 8 rings (SSSR count). The van der Waals surface area contributed by atoms with Crippen LogP contribution in [0.2, 0.25) is 0 Å². The Bertz CT molecular complexity index is 2410. The van der Waals surface area contributed by atoms with Crippen LogP contribution in [0.3, 0.4) is 0 Å². The van der Waals surface area contributed by atoms with Gasteiger partial charge in [0.2, 0.25) is 0 Å². The van der Waals surface area contributed by atoms with Crippen molar-refractivity contribution in [2.75, 3.05) is 16.5 Å². The highest BCUT2D eigenvalue weighted by molar-refractivity contribution is 6.09. The minimum atomic E-state index is -0.0700. The van der Waals surface area contributed by atoms with Crippen LogP contribution in [0.1, 0.15) is 47.1 Å². The number of hydrogen-bond acceptors (Lipinski definition) is 4. The molecule has 0 fully saturated rings. The first kappa shape index (κ1) is 32.4. The summed E-state index contributed by atoms with van der Waals surface area (Å²) in [6, 6.07) is 47.1. The number of nitrogens with zero attached hydrogens (tertiary/aromatic N) is 4. The van der Waals surface area contributed by atoms with Gasteiger partial charge in [0.25, 0.3) is 0 Å². The quantitative estimate of drug-likeness (QED) is 0.177. The number of pyridine rings is 1. The molecule has 51 heavy (non-hydrogen) atoms. The number of para-hydroxylation sites is 1. The summed E-state index contributed by atoms with van der Waals surface area (Å²) in [4.78, 5) is 9.59. The molecule has 2 aromatic heterocycles. The molecule has 0 spiro atoms. The van der Waals surface area contributed by atoms with Gasteiger partial charge in [-0.05, 0) is 76.7 Å². The summed E-state index contributed by atoms with van der Waals surface area (Å²) >= 11 is 0. The van der Waals surface area contributed by atoms with Crippen LogP contribution >= 0.6 is 0 Å². The molecule has 0 saturated carbocycles. The molecule has 0 unspecified atom stereocenters. The van der Waals surface area contributed by atoms with Gasteiger partial charge in [-0.1, -0.05) is 108 Å². The fourth-order valence-electron chi connectivity index (χ4n) is 7.08. The monoisotopic (exact) mass is 668 g/mol. The van der Waals surface area contributed by atoms with Crippen molar-refractivity contribution in [1.82, 2.24) is 9.55 Å². The molecule has 5 nitrogen and oxygen atoms in total. The number of anilines is 2. The largest absolute Gasteiger partial charge is 0.457 e. The van der Waals surface area contributed by atoms with Gasteiger partial charge in [-0.2, -0.15) is 0 Å². The molecule has 254 valence electrons. The highest BCUT2D eigenvalue weighted by Gasteiger charge is 2.31. The zero-order valence-electron chi connectivity index (χ0n) is 30.3. The van der Waals surface area contributed by atoms with Gasteiger partial charge in [0.1, 0.15) is 17.3 Å². The van der Waals surface area contributed by atoms with E-state index in [1.54, 1.807) is 0 Å². The SMILES string of the molecule is CC(C)(C)C1=CN(c2cccc(-c3ccccc3)c2)CN1c1cccc(Oc2ccc3c4ccccc4n(-c4cc(C(C)(C)C)ccn4)c3c2)c1. The van der Waals surface area contributed by atoms with Gasteiger partial charge in [-0.25, -0.2) is 4.98 Å². The molecule has 5 heteroatoms. The number of fused-ring (bicyclic) bond motifs is 3. The molecule has 0 N–H and O–H groups in total. The second-order valence-electron chi connectivity index (χ2n) is 15.5. The third-order valence-electron chi connectivity index (χ3n) is 9.77. The minimum absolute atomic E-state index is 0.0103. The highest BCUT2D eigenvalue weighted by atomic mass is 16.5. The predicted octanol–water partition coefficient (Wildman–Crippen LogP) is 12.1. The maximum Gasteiger partial charge on any atom is 0.137 e. The van der Waals surface area contributed by atoms with Gasteiger partial charge >= 0.3 is 0 Å². The van der Waals surface area contributed by atoms with Crippen molar-refractivity contribution < 1.29 is 4.74 Å². The molecule has 0 saturated heterocycles. The maximum absolute atomic E-state index is 6.66. The predicted molar refractivity (Wildman–Crippen MR) is 213 cm³/mol. The number of allylic oxidation sites excluding steroid dienone is 1. The van der Waals surface area contributed by atoms with E-state index >= 15 is 0 Å². The second kappa shape index (κ2) is 12.5. The Balaban J connectivity index is 1.13. The molecule has 1 aliphatic rings. The standard InChI is InChI=1S/C46H44N4O/c1-45(2,3)34-24-25-47-44(27-34)50-41-21-11-10-20-39(41)40-23-22-38(29-42(40)50)51-37-19-13-18-36(28-37)49-31-48(30-43(49)46(4,5)6)35-17-12-16-33(26-35)32-14-8-7-9-15-32/h7-30H,31H2,1-6H3. The summed E-state index contributed by atoms with van der Waals surface area (Å²) in [5, 5.41) is 2.36. The Hall–Kier alpha value is -5.81. The maximum atomic E-state index is 6.66. The lowest BCUT2D eigenvalue weighted by molar-refractivity contribution is 0.481. The lowest BCUT2D eigenvalue weighted by atomic mass is 9.88. The summed E-state index contributed by atoms with van der Waals surface area (Å²) in [6.07, 6.45) is 4.22. The van der Waals surface area contributed by atoms with Crippen LogP contribution in [-0.2, 0) is 5.41 Å². The van der Waals surface area contributed by atoms with Crippen molar-refractivity contribution in [3.05, 3.63) is 157 Å². The van der Waals surface area contributed by atoms with Crippen molar-refractivity contribution in [3.8, 4) is 28.4 Å². The molecular weight excluding hydrogens is 625 g/mol. The van der Waals surface area contributed by atoms with E-state index in [9.17, 15) is 0 Å². The molecular formula is C46H44N4O. The van der Waals surface area contributed by atoms with Crippen molar-refractivity contribution in [3.63, 3.8) is 0 Å². The summed E-state index contributed by atoms with van der Waals surface area (Å²) in [5.74, 6) is 2.48. The van der Waals surface area contributed by atoms with Gasteiger partial charge in [-0.15, -0.1) is 0 Å². The van der Waals surface area contributed by atoms with E-state index in [1.807, 2.05) is 12.3 Å². The van der Waals surface area contributed by atoms with Crippen LogP contribution < -0.4 is 14.5 Å². The van der Waals surface area contributed by atoms with Crippen LogP contribution in [0.5, 0.6) is 11.5 Å². The van der Waals surface area contributed by atoms with Crippen LogP contribution in [0.15, 0.2) is 152 Å².